The third-order valence-corrected chi connectivity index (χ3v) is 10.3. The van der Waals surface area contributed by atoms with Crippen molar-refractivity contribution in [3.8, 4) is 10.6 Å². The maximum absolute atomic E-state index is 14.0. The third kappa shape index (κ3) is 5.37. The molecule has 39 heavy (non-hydrogen) atoms. The van der Waals surface area contributed by atoms with Crippen molar-refractivity contribution in [1.29, 1.82) is 0 Å². The van der Waals surface area contributed by atoms with Gasteiger partial charge >= 0.3 is 6.18 Å². The Morgan fingerprint density at radius 1 is 1.23 bits per heavy atom. The van der Waals surface area contributed by atoms with Gasteiger partial charge in [-0.05, 0) is 55.5 Å². The number of benzene rings is 1. The SMILES string of the molecule is CC1CNCCN1c1ccc(Nc2ncc(C(F)(F)F)c(-c3cc4c(s3)COCCS4(=O)=O)n2)c(C2CC2)c1. The van der Waals surface area contributed by atoms with Crippen LogP contribution < -0.4 is 15.5 Å². The number of halogens is 3. The molecular weight excluding hydrogens is 551 g/mol. The summed E-state index contributed by atoms with van der Waals surface area (Å²) in [5, 5.41) is 6.55. The van der Waals surface area contributed by atoms with E-state index in [2.05, 4.69) is 38.5 Å². The Balaban J connectivity index is 1.37. The van der Waals surface area contributed by atoms with Crippen LogP contribution in [0.2, 0.25) is 0 Å². The van der Waals surface area contributed by atoms with E-state index in [9.17, 15) is 21.6 Å². The number of fused-ring (bicyclic) bond motifs is 1. The van der Waals surface area contributed by atoms with Crippen LogP contribution >= 0.6 is 11.3 Å². The molecule has 1 aliphatic carbocycles. The fraction of sp³-hybridized carbons (Fsp3) is 0.462. The minimum atomic E-state index is -4.72. The van der Waals surface area contributed by atoms with E-state index in [1.165, 1.54) is 6.07 Å². The second-order valence-corrected chi connectivity index (χ2v) is 13.4. The molecule has 3 aliphatic rings. The van der Waals surface area contributed by atoms with Crippen LogP contribution in [0.15, 0.2) is 35.4 Å². The third-order valence-electron chi connectivity index (χ3n) is 7.29. The standard InChI is InChI=1S/C26H28F3N5O3S2/c1-15-12-30-6-7-34(15)17-4-5-20(18(10-17)16-2-3-16)32-25-31-13-19(26(27,28)29)24(33-25)21-11-23-22(38-21)14-37-8-9-39(23,35)36/h4-5,10-11,13,15-16,30H,2-3,6-9,12,14H2,1H3,(H,31,32,33). The van der Waals surface area contributed by atoms with Gasteiger partial charge in [0, 0.05) is 48.1 Å². The van der Waals surface area contributed by atoms with Crippen LogP contribution in [0.3, 0.4) is 0 Å². The van der Waals surface area contributed by atoms with Gasteiger partial charge in [0.05, 0.1) is 34.4 Å². The summed E-state index contributed by atoms with van der Waals surface area (Å²) in [4.78, 5) is 11.1. The minimum absolute atomic E-state index is 0.00926. The Morgan fingerprint density at radius 3 is 2.79 bits per heavy atom. The van der Waals surface area contributed by atoms with Gasteiger partial charge in [-0.3, -0.25) is 0 Å². The van der Waals surface area contributed by atoms with E-state index in [1.807, 2.05) is 12.1 Å². The molecule has 208 valence electrons. The molecule has 2 aliphatic heterocycles. The molecule has 2 aromatic heterocycles. The minimum Gasteiger partial charge on any atom is -0.375 e. The Morgan fingerprint density at radius 2 is 2.05 bits per heavy atom. The summed E-state index contributed by atoms with van der Waals surface area (Å²) in [7, 11) is -3.66. The van der Waals surface area contributed by atoms with Gasteiger partial charge in [0.1, 0.15) is 5.56 Å². The smallest absolute Gasteiger partial charge is 0.375 e. The van der Waals surface area contributed by atoms with E-state index in [1.54, 1.807) is 0 Å². The molecule has 1 unspecified atom stereocenters. The fourth-order valence-corrected chi connectivity index (χ4v) is 7.93. The summed E-state index contributed by atoms with van der Waals surface area (Å²) in [5.41, 5.74) is 1.59. The maximum Gasteiger partial charge on any atom is 0.420 e. The van der Waals surface area contributed by atoms with Crippen molar-refractivity contribution < 1.29 is 26.3 Å². The van der Waals surface area contributed by atoms with Crippen LogP contribution in [0.5, 0.6) is 0 Å². The molecule has 13 heteroatoms. The second-order valence-electron chi connectivity index (χ2n) is 10.1. The average molecular weight is 580 g/mol. The number of aromatic nitrogens is 2. The van der Waals surface area contributed by atoms with Gasteiger partial charge in [0.15, 0.2) is 9.84 Å². The van der Waals surface area contributed by atoms with Crippen molar-refractivity contribution in [3.63, 3.8) is 0 Å². The van der Waals surface area contributed by atoms with Crippen molar-refractivity contribution in [3.05, 3.63) is 46.5 Å². The highest BCUT2D eigenvalue weighted by atomic mass is 32.2. The number of sulfone groups is 1. The second kappa shape index (κ2) is 10.0. The number of piperazine rings is 1. The van der Waals surface area contributed by atoms with Crippen molar-refractivity contribution in [2.75, 3.05) is 42.2 Å². The van der Waals surface area contributed by atoms with Gasteiger partial charge in [-0.25, -0.2) is 18.4 Å². The zero-order chi connectivity index (χ0) is 27.4. The lowest BCUT2D eigenvalue weighted by Crippen LogP contribution is -2.49. The van der Waals surface area contributed by atoms with Crippen LogP contribution in [-0.2, 0) is 27.4 Å². The lowest BCUT2D eigenvalue weighted by Gasteiger charge is -2.36. The zero-order valence-corrected chi connectivity index (χ0v) is 22.8. The molecule has 1 aromatic carbocycles. The molecule has 0 amide bonds. The number of anilines is 3. The summed E-state index contributed by atoms with van der Waals surface area (Å²) >= 11 is 0.952. The van der Waals surface area contributed by atoms with E-state index in [0.29, 0.717) is 16.8 Å². The number of hydrogen-bond donors (Lipinski definition) is 2. The lowest BCUT2D eigenvalue weighted by molar-refractivity contribution is -0.137. The largest absolute Gasteiger partial charge is 0.420 e. The van der Waals surface area contributed by atoms with E-state index in [0.717, 1.165) is 66.9 Å². The molecule has 1 saturated heterocycles. The first-order chi connectivity index (χ1) is 18.6. The highest BCUT2D eigenvalue weighted by molar-refractivity contribution is 7.91. The number of hydrogen-bond acceptors (Lipinski definition) is 9. The van der Waals surface area contributed by atoms with E-state index in [4.69, 9.17) is 4.74 Å². The summed E-state index contributed by atoms with van der Waals surface area (Å²) in [6, 6.07) is 7.75. The highest BCUT2D eigenvalue weighted by Crippen LogP contribution is 2.46. The molecule has 2 N–H and O–H groups in total. The first kappa shape index (κ1) is 26.5. The number of alkyl halides is 3. The predicted octanol–water partition coefficient (Wildman–Crippen LogP) is 4.95. The van der Waals surface area contributed by atoms with E-state index >= 15 is 0 Å². The van der Waals surface area contributed by atoms with E-state index < -0.39 is 21.6 Å². The van der Waals surface area contributed by atoms with Gasteiger partial charge in [-0.1, -0.05) is 0 Å². The van der Waals surface area contributed by atoms with Crippen molar-refractivity contribution >= 4 is 38.5 Å². The molecule has 0 spiro atoms. The predicted molar refractivity (Wildman–Crippen MR) is 143 cm³/mol. The van der Waals surface area contributed by atoms with Gasteiger partial charge < -0.3 is 20.3 Å². The highest BCUT2D eigenvalue weighted by Gasteiger charge is 2.37. The van der Waals surface area contributed by atoms with Gasteiger partial charge in [0.2, 0.25) is 5.95 Å². The van der Waals surface area contributed by atoms with Crippen molar-refractivity contribution in [1.82, 2.24) is 15.3 Å². The first-order valence-electron chi connectivity index (χ1n) is 12.9. The summed E-state index contributed by atoms with van der Waals surface area (Å²) in [5.74, 6) is 0.176. The number of ether oxygens (including phenoxy) is 1. The monoisotopic (exact) mass is 579 g/mol. The van der Waals surface area contributed by atoms with Crippen LogP contribution in [0, 0.1) is 0 Å². The summed E-state index contributed by atoms with van der Waals surface area (Å²) in [6.07, 6.45) is -1.86. The van der Waals surface area contributed by atoms with Crippen molar-refractivity contribution in [2.45, 2.75) is 49.4 Å². The normalized spacial score (nSPS) is 21.3. The number of thiophene rings is 1. The maximum atomic E-state index is 14.0. The summed E-state index contributed by atoms with van der Waals surface area (Å²) in [6.45, 7) is 4.96. The number of nitrogens with one attached hydrogen (secondary N) is 2. The first-order valence-corrected chi connectivity index (χ1v) is 15.3. The molecule has 0 radical (unpaired) electrons. The average Bonchev–Trinajstić information content (AvgIpc) is 3.66. The molecule has 4 heterocycles. The molecule has 1 saturated carbocycles. The molecule has 8 nitrogen and oxygen atoms in total. The topological polar surface area (TPSA) is 96.5 Å². The van der Waals surface area contributed by atoms with Gasteiger partial charge in [0.25, 0.3) is 0 Å². The quantitative estimate of drug-likeness (QED) is 0.439. The van der Waals surface area contributed by atoms with Gasteiger partial charge in [-0.2, -0.15) is 13.2 Å². The molecule has 1 atom stereocenters. The van der Waals surface area contributed by atoms with Gasteiger partial charge in [-0.15, -0.1) is 11.3 Å². The molecular formula is C26H28F3N5O3S2. The molecule has 0 bridgehead atoms. The molecule has 3 aromatic rings. The Labute approximate surface area is 228 Å². The number of nitrogens with zero attached hydrogens (tertiary/aromatic N) is 3. The van der Waals surface area contributed by atoms with Crippen LogP contribution in [0.1, 0.15) is 41.7 Å². The summed E-state index contributed by atoms with van der Waals surface area (Å²) < 4.78 is 72.6. The number of rotatable bonds is 5. The lowest BCUT2D eigenvalue weighted by atomic mass is 10.1. The Kier molecular flexibility index (Phi) is 6.81. The van der Waals surface area contributed by atoms with Crippen LogP contribution in [0.25, 0.3) is 10.6 Å². The Hall–Kier alpha value is -2.74. The van der Waals surface area contributed by atoms with E-state index in [-0.39, 0.29) is 40.4 Å². The molecule has 6 rings (SSSR count). The van der Waals surface area contributed by atoms with Crippen molar-refractivity contribution in [2.24, 2.45) is 0 Å². The van der Waals surface area contributed by atoms with Crippen LogP contribution in [0.4, 0.5) is 30.5 Å². The Bertz CT molecular complexity index is 1500. The van der Waals surface area contributed by atoms with Crippen LogP contribution in [-0.4, -0.2) is 56.4 Å². The fourth-order valence-electron chi connectivity index (χ4n) is 5.09. The molecule has 2 fully saturated rings. The zero-order valence-electron chi connectivity index (χ0n) is 21.2.